The summed E-state index contributed by atoms with van der Waals surface area (Å²) in [4.78, 5) is 29.1. The summed E-state index contributed by atoms with van der Waals surface area (Å²) in [6.07, 6.45) is 3.53. The van der Waals surface area contributed by atoms with Gasteiger partial charge in [0, 0.05) is 30.2 Å². The van der Waals surface area contributed by atoms with Crippen LogP contribution in [0.5, 0.6) is 5.75 Å². The number of rotatable bonds is 7. The number of fused-ring (bicyclic) bond motifs is 1. The van der Waals surface area contributed by atoms with E-state index in [0.717, 1.165) is 18.4 Å². The Balaban J connectivity index is 0.00000132. The highest BCUT2D eigenvalue weighted by molar-refractivity contribution is 6.09. The highest BCUT2D eigenvalue weighted by Crippen LogP contribution is 2.32. The number of benzene rings is 2. The van der Waals surface area contributed by atoms with Gasteiger partial charge in [0.25, 0.3) is 11.8 Å². The number of nitrogens with one attached hydrogen (secondary N) is 2. The number of nitrogens with zero attached hydrogens (tertiary/aromatic N) is 1. The van der Waals surface area contributed by atoms with Gasteiger partial charge in [0.05, 0.1) is 29.4 Å². The van der Waals surface area contributed by atoms with Crippen LogP contribution in [0.15, 0.2) is 48.7 Å². The first-order chi connectivity index (χ1) is 15.1. The quantitative estimate of drug-likeness (QED) is 0.538. The number of amides is 2. The first-order valence-corrected chi connectivity index (χ1v) is 10.5. The number of pyridine rings is 1. The minimum absolute atomic E-state index is 0.186. The van der Waals surface area contributed by atoms with Crippen LogP contribution in [-0.2, 0) is 6.54 Å². The van der Waals surface area contributed by atoms with Crippen molar-refractivity contribution in [2.75, 3.05) is 12.4 Å². The molecule has 0 bridgehead atoms. The molecule has 0 radical (unpaired) electrons. The number of primary amides is 1. The lowest BCUT2D eigenvalue weighted by Gasteiger charge is -2.16. The molecular formula is C24H28N4O3. The summed E-state index contributed by atoms with van der Waals surface area (Å²) in [5.41, 5.74) is 8.48. The van der Waals surface area contributed by atoms with Crippen molar-refractivity contribution in [2.24, 2.45) is 5.73 Å². The lowest BCUT2D eigenvalue weighted by molar-refractivity contribution is 0.0950. The molecule has 1 saturated carbocycles. The zero-order valence-corrected chi connectivity index (χ0v) is 18.1. The standard InChI is InChI=1S/C22H22N4O3.C2H6/c1-29-19-10-18-15(9-16(19)21(23)27)20(25-11-13-5-3-2-4-6-13)17(12-24-18)22(28)26-14-7-8-14;1-2/h2-6,9-10,12,14H,7-8,11H2,1H3,(H2,23,27)(H,24,25)(H,26,28);1-2H3. The Hall–Kier alpha value is -3.61. The fraction of sp³-hybridized carbons (Fsp3) is 0.292. The molecule has 2 amide bonds. The molecule has 1 aliphatic carbocycles. The van der Waals surface area contributed by atoms with E-state index in [9.17, 15) is 9.59 Å². The largest absolute Gasteiger partial charge is 0.496 e. The molecule has 7 nitrogen and oxygen atoms in total. The maximum atomic E-state index is 12.8. The van der Waals surface area contributed by atoms with Crippen LogP contribution in [0.2, 0.25) is 0 Å². The molecule has 7 heteroatoms. The van der Waals surface area contributed by atoms with Crippen molar-refractivity contribution in [2.45, 2.75) is 39.3 Å². The van der Waals surface area contributed by atoms with Crippen molar-refractivity contribution in [3.8, 4) is 5.75 Å². The molecule has 162 valence electrons. The van der Waals surface area contributed by atoms with Crippen molar-refractivity contribution < 1.29 is 14.3 Å². The molecule has 0 spiro atoms. The number of nitrogens with two attached hydrogens (primary N) is 1. The molecule has 1 fully saturated rings. The SMILES string of the molecule is CC.COc1cc2ncc(C(=O)NC3CC3)c(NCc3ccccc3)c2cc1C(N)=O. The predicted octanol–water partition coefficient (Wildman–Crippen LogP) is 3.87. The van der Waals surface area contributed by atoms with Crippen molar-refractivity contribution in [1.29, 1.82) is 0 Å². The van der Waals surface area contributed by atoms with E-state index in [1.54, 1.807) is 18.3 Å². The molecule has 0 aliphatic heterocycles. The average Bonchev–Trinajstić information content (AvgIpc) is 3.62. The maximum Gasteiger partial charge on any atom is 0.255 e. The minimum atomic E-state index is -0.606. The Morgan fingerprint density at radius 2 is 1.84 bits per heavy atom. The molecule has 0 unspecified atom stereocenters. The number of ether oxygens (including phenoxy) is 1. The van der Waals surface area contributed by atoms with Gasteiger partial charge < -0.3 is 21.1 Å². The fourth-order valence-electron chi connectivity index (χ4n) is 3.22. The van der Waals surface area contributed by atoms with Crippen LogP contribution in [0.4, 0.5) is 5.69 Å². The second-order valence-electron chi connectivity index (χ2n) is 7.07. The third kappa shape index (κ3) is 5.12. The predicted molar refractivity (Wildman–Crippen MR) is 122 cm³/mol. The number of anilines is 1. The average molecular weight is 421 g/mol. The van der Waals surface area contributed by atoms with E-state index in [2.05, 4.69) is 15.6 Å². The first-order valence-electron chi connectivity index (χ1n) is 10.5. The van der Waals surface area contributed by atoms with Crippen LogP contribution in [0.3, 0.4) is 0 Å². The van der Waals surface area contributed by atoms with E-state index < -0.39 is 5.91 Å². The van der Waals surface area contributed by atoms with Gasteiger partial charge in [-0.2, -0.15) is 0 Å². The van der Waals surface area contributed by atoms with Gasteiger partial charge in [0.2, 0.25) is 0 Å². The lowest BCUT2D eigenvalue weighted by Crippen LogP contribution is -2.26. The molecule has 1 heterocycles. The number of aromatic nitrogens is 1. The molecule has 1 aliphatic rings. The Kier molecular flexibility index (Phi) is 7.07. The molecule has 2 aromatic carbocycles. The summed E-state index contributed by atoms with van der Waals surface area (Å²) in [6, 6.07) is 13.4. The number of carbonyl (C=O) groups is 2. The van der Waals surface area contributed by atoms with E-state index in [1.165, 1.54) is 7.11 Å². The summed E-state index contributed by atoms with van der Waals surface area (Å²) >= 11 is 0. The Labute approximate surface area is 182 Å². The van der Waals surface area contributed by atoms with Crippen LogP contribution >= 0.6 is 0 Å². The van der Waals surface area contributed by atoms with Gasteiger partial charge in [0.15, 0.2) is 0 Å². The molecule has 4 N–H and O–H groups in total. The summed E-state index contributed by atoms with van der Waals surface area (Å²) in [5.74, 6) is -0.443. The van der Waals surface area contributed by atoms with Crippen LogP contribution < -0.4 is 21.1 Å². The van der Waals surface area contributed by atoms with Gasteiger partial charge in [-0.15, -0.1) is 0 Å². The summed E-state index contributed by atoms with van der Waals surface area (Å²) in [7, 11) is 1.47. The highest BCUT2D eigenvalue weighted by atomic mass is 16.5. The maximum absolute atomic E-state index is 12.8. The number of methoxy groups -OCH3 is 1. The summed E-state index contributed by atoms with van der Waals surface area (Å²) < 4.78 is 5.28. The van der Waals surface area contributed by atoms with E-state index in [4.69, 9.17) is 10.5 Å². The number of hydrogen-bond acceptors (Lipinski definition) is 5. The zero-order chi connectivity index (χ0) is 22.4. The smallest absolute Gasteiger partial charge is 0.255 e. The summed E-state index contributed by atoms with van der Waals surface area (Å²) in [5, 5.41) is 6.99. The van der Waals surface area contributed by atoms with Crippen molar-refractivity contribution in [3.05, 3.63) is 65.4 Å². The highest BCUT2D eigenvalue weighted by Gasteiger charge is 2.26. The van der Waals surface area contributed by atoms with Gasteiger partial charge in [-0.05, 0) is 24.5 Å². The minimum Gasteiger partial charge on any atom is -0.496 e. The molecule has 31 heavy (non-hydrogen) atoms. The normalized spacial score (nSPS) is 12.5. The molecule has 1 aromatic heterocycles. The van der Waals surface area contributed by atoms with E-state index in [1.807, 2.05) is 44.2 Å². The molecular weight excluding hydrogens is 392 g/mol. The second kappa shape index (κ2) is 9.93. The van der Waals surface area contributed by atoms with Crippen LogP contribution in [0.25, 0.3) is 10.9 Å². The number of carbonyl (C=O) groups excluding carboxylic acids is 2. The van der Waals surface area contributed by atoms with Crippen molar-refractivity contribution >= 4 is 28.4 Å². The topological polar surface area (TPSA) is 106 Å². The molecule has 3 aromatic rings. The van der Waals surface area contributed by atoms with E-state index in [0.29, 0.717) is 34.4 Å². The zero-order valence-electron chi connectivity index (χ0n) is 18.1. The third-order valence-electron chi connectivity index (χ3n) is 4.92. The monoisotopic (exact) mass is 420 g/mol. The van der Waals surface area contributed by atoms with Crippen molar-refractivity contribution in [3.63, 3.8) is 0 Å². The molecule has 0 saturated heterocycles. The van der Waals surface area contributed by atoms with Gasteiger partial charge in [-0.25, -0.2) is 0 Å². The van der Waals surface area contributed by atoms with Crippen LogP contribution in [0.1, 0.15) is 53.0 Å². The van der Waals surface area contributed by atoms with Crippen molar-refractivity contribution in [1.82, 2.24) is 10.3 Å². The summed E-state index contributed by atoms with van der Waals surface area (Å²) in [6.45, 7) is 4.52. The van der Waals surface area contributed by atoms with E-state index in [-0.39, 0.29) is 17.5 Å². The van der Waals surface area contributed by atoms with Gasteiger partial charge in [0.1, 0.15) is 5.75 Å². The van der Waals surface area contributed by atoms with Gasteiger partial charge in [-0.1, -0.05) is 44.2 Å². The Bertz CT molecular complexity index is 1080. The molecule has 4 rings (SSSR count). The van der Waals surface area contributed by atoms with E-state index >= 15 is 0 Å². The lowest BCUT2D eigenvalue weighted by atomic mass is 10.0. The van der Waals surface area contributed by atoms with Crippen LogP contribution in [0, 0.1) is 0 Å². The Morgan fingerprint density at radius 1 is 1.13 bits per heavy atom. The first kappa shape index (κ1) is 22.1. The fourth-order valence-corrected chi connectivity index (χ4v) is 3.22. The van der Waals surface area contributed by atoms with Gasteiger partial charge >= 0.3 is 0 Å². The second-order valence-corrected chi connectivity index (χ2v) is 7.07. The van der Waals surface area contributed by atoms with Crippen LogP contribution in [-0.4, -0.2) is 29.9 Å². The van der Waals surface area contributed by atoms with Gasteiger partial charge in [-0.3, -0.25) is 14.6 Å². The number of hydrogen-bond donors (Lipinski definition) is 3. The molecule has 0 atom stereocenters. The Morgan fingerprint density at radius 3 is 2.45 bits per heavy atom. The third-order valence-corrected chi connectivity index (χ3v) is 4.92.